The molecule has 0 aliphatic heterocycles. The summed E-state index contributed by atoms with van der Waals surface area (Å²) in [4.78, 5) is 12.1. The normalized spacial score (nSPS) is 10.7. The zero-order valence-corrected chi connectivity index (χ0v) is 15.8. The molecule has 0 spiro atoms. The summed E-state index contributed by atoms with van der Waals surface area (Å²) in [5, 5.41) is 11.7. The van der Waals surface area contributed by atoms with Crippen LogP contribution in [0.4, 0.5) is 5.69 Å². The summed E-state index contributed by atoms with van der Waals surface area (Å²) in [5.41, 5.74) is 5.13. The van der Waals surface area contributed by atoms with E-state index in [1.54, 1.807) is 0 Å². The standard InChI is InChI=1S/C19H21N5OS/c1-12-9-13(2)17(14(3)10-12)18-22-23-19(24(18)20)26-11-16(25)21-15-7-5-4-6-8-15/h4-10H,11,20H2,1-3H3,(H,21,25). The third kappa shape index (κ3) is 3.88. The van der Waals surface area contributed by atoms with E-state index in [0.29, 0.717) is 11.0 Å². The summed E-state index contributed by atoms with van der Waals surface area (Å²) in [6.45, 7) is 6.12. The summed E-state index contributed by atoms with van der Waals surface area (Å²) < 4.78 is 1.45. The van der Waals surface area contributed by atoms with Crippen molar-refractivity contribution in [2.45, 2.75) is 25.9 Å². The predicted octanol–water partition coefficient (Wildman–Crippen LogP) is 3.31. The van der Waals surface area contributed by atoms with E-state index in [1.807, 2.05) is 44.2 Å². The highest BCUT2D eigenvalue weighted by Gasteiger charge is 2.17. The molecule has 2 aromatic carbocycles. The van der Waals surface area contributed by atoms with Crippen LogP contribution in [0.5, 0.6) is 0 Å². The number of benzene rings is 2. The number of carbonyl (C=O) groups is 1. The van der Waals surface area contributed by atoms with Gasteiger partial charge in [0.1, 0.15) is 0 Å². The molecule has 0 atom stereocenters. The number of hydrogen-bond acceptors (Lipinski definition) is 5. The van der Waals surface area contributed by atoms with Crippen molar-refractivity contribution in [1.82, 2.24) is 14.9 Å². The highest BCUT2D eigenvalue weighted by Crippen LogP contribution is 2.28. The lowest BCUT2D eigenvalue weighted by atomic mass is 9.99. The molecule has 0 aliphatic carbocycles. The number of aryl methyl sites for hydroxylation is 3. The van der Waals surface area contributed by atoms with Crippen LogP contribution in [0.1, 0.15) is 16.7 Å². The van der Waals surface area contributed by atoms with Gasteiger partial charge in [-0.25, -0.2) is 4.68 Å². The molecule has 3 aromatic rings. The molecule has 26 heavy (non-hydrogen) atoms. The van der Waals surface area contributed by atoms with Crippen LogP contribution in [0.25, 0.3) is 11.4 Å². The number of amides is 1. The number of thioether (sulfide) groups is 1. The highest BCUT2D eigenvalue weighted by molar-refractivity contribution is 7.99. The molecule has 0 saturated heterocycles. The Morgan fingerprint density at radius 2 is 1.77 bits per heavy atom. The second-order valence-electron chi connectivity index (χ2n) is 6.15. The van der Waals surface area contributed by atoms with Crippen molar-refractivity contribution >= 4 is 23.4 Å². The van der Waals surface area contributed by atoms with Crippen LogP contribution in [-0.4, -0.2) is 26.5 Å². The van der Waals surface area contributed by atoms with Gasteiger partial charge in [0.2, 0.25) is 11.1 Å². The second kappa shape index (κ2) is 7.61. The molecule has 1 heterocycles. The largest absolute Gasteiger partial charge is 0.335 e. The van der Waals surface area contributed by atoms with Gasteiger partial charge < -0.3 is 11.2 Å². The maximum atomic E-state index is 12.1. The number of para-hydroxylation sites is 1. The Labute approximate surface area is 156 Å². The molecule has 0 aliphatic rings. The molecular weight excluding hydrogens is 346 g/mol. The first-order valence-corrected chi connectivity index (χ1v) is 9.20. The molecule has 3 rings (SSSR count). The third-order valence-corrected chi connectivity index (χ3v) is 4.90. The Hall–Kier alpha value is -2.80. The molecule has 6 nitrogen and oxygen atoms in total. The van der Waals surface area contributed by atoms with Crippen molar-refractivity contribution in [2.75, 3.05) is 16.9 Å². The van der Waals surface area contributed by atoms with Crippen molar-refractivity contribution < 1.29 is 4.79 Å². The lowest BCUT2D eigenvalue weighted by Crippen LogP contribution is -2.16. The van der Waals surface area contributed by atoms with Crippen LogP contribution in [-0.2, 0) is 4.79 Å². The van der Waals surface area contributed by atoms with Crippen LogP contribution in [0.3, 0.4) is 0 Å². The van der Waals surface area contributed by atoms with Gasteiger partial charge in [0.25, 0.3) is 0 Å². The van der Waals surface area contributed by atoms with E-state index in [-0.39, 0.29) is 11.7 Å². The molecular formula is C19H21N5OS. The number of nitrogen functional groups attached to an aromatic ring is 1. The molecule has 0 saturated carbocycles. The fourth-order valence-electron chi connectivity index (χ4n) is 2.93. The Morgan fingerprint density at radius 1 is 1.12 bits per heavy atom. The number of rotatable bonds is 5. The first kappa shape index (κ1) is 18.0. The minimum Gasteiger partial charge on any atom is -0.335 e. The van der Waals surface area contributed by atoms with Crippen molar-refractivity contribution in [3.05, 3.63) is 59.2 Å². The third-order valence-electron chi connectivity index (χ3n) is 3.96. The van der Waals surface area contributed by atoms with Crippen molar-refractivity contribution in [1.29, 1.82) is 0 Å². The fraction of sp³-hybridized carbons (Fsp3) is 0.211. The topological polar surface area (TPSA) is 85.8 Å². The van der Waals surface area contributed by atoms with Gasteiger partial charge in [-0.2, -0.15) is 0 Å². The van der Waals surface area contributed by atoms with Gasteiger partial charge in [-0.15, -0.1) is 10.2 Å². The minimum absolute atomic E-state index is 0.117. The Bertz CT molecular complexity index is 913. The number of hydrogen-bond donors (Lipinski definition) is 2. The highest BCUT2D eigenvalue weighted by atomic mass is 32.2. The molecule has 1 amide bonds. The SMILES string of the molecule is Cc1cc(C)c(-c2nnc(SCC(=O)Nc3ccccc3)n2N)c(C)c1. The number of nitrogens with two attached hydrogens (primary N) is 1. The Kier molecular flexibility index (Phi) is 5.27. The van der Waals surface area contributed by atoms with E-state index in [9.17, 15) is 4.79 Å². The van der Waals surface area contributed by atoms with E-state index in [0.717, 1.165) is 22.4 Å². The van der Waals surface area contributed by atoms with Gasteiger partial charge in [-0.3, -0.25) is 4.79 Å². The molecule has 1 aromatic heterocycles. The van der Waals surface area contributed by atoms with E-state index >= 15 is 0 Å². The first-order chi connectivity index (χ1) is 12.5. The summed E-state index contributed by atoms with van der Waals surface area (Å²) >= 11 is 1.26. The molecule has 134 valence electrons. The van der Waals surface area contributed by atoms with E-state index in [1.165, 1.54) is 22.0 Å². The smallest absolute Gasteiger partial charge is 0.234 e. The minimum atomic E-state index is -0.117. The van der Waals surface area contributed by atoms with Crippen molar-refractivity contribution in [3.8, 4) is 11.4 Å². The maximum absolute atomic E-state index is 12.1. The number of carbonyl (C=O) groups excluding carboxylic acids is 1. The van der Waals surface area contributed by atoms with Crippen LogP contribution in [0.2, 0.25) is 0 Å². The lowest BCUT2D eigenvalue weighted by molar-refractivity contribution is -0.113. The van der Waals surface area contributed by atoms with Crippen LogP contribution < -0.4 is 11.2 Å². The lowest BCUT2D eigenvalue weighted by Gasteiger charge is -2.11. The molecule has 3 N–H and O–H groups in total. The molecule has 7 heteroatoms. The van der Waals surface area contributed by atoms with Gasteiger partial charge in [0.15, 0.2) is 5.82 Å². The number of nitrogens with zero attached hydrogens (tertiary/aromatic N) is 3. The average molecular weight is 367 g/mol. The number of nitrogens with one attached hydrogen (secondary N) is 1. The van der Waals surface area contributed by atoms with E-state index in [4.69, 9.17) is 5.84 Å². The number of aromatic nitrogens is 3. The summed E-state index contributed by atoms with van der Waals surface area (Å²) in [6, 6.07) is 13.5. The monoisotopic (exact) mass is 367 g/mol. The molecule has 0 fully saturated rings. The first-order valence-electron chi connectivity index (χ1n) is 8.22. The van der Waals surface area contributed by atoms with E-state index in [2.05, 4.69) is 34.6 Å². The Balaban J connectivity index is 1.73. The van der Waals surface area contributed by atoms with Gasteiger partial charge >= 0.3 is 0 Å². The zero-order chi connectivity index (χ0) is 18.7. The van der Waals surface area contributed by atoms with Crippen molar-refractivity contribution in [2.24, 2.45) is 0 Å². The molecule has 0 bridgehead atoms. The van der Waals surface area contributed by atoms with Gasteiger partial charge in [-0.05, 0) is 44.0 Å². The van der Waals surface area contributed by atoms with Crippen LogP contribution >= 0.6 is 11.8 Å². The second-order valence-corrected chi connectivity index (χ2v) is 7.10. The summed E-state index contributed by atoms with van der Waals surface area (Å²) in [5.74, 6) is 6.88. The van der Waals surface area contributed by atoms with Crippen LogP contribution in [0.15, 0.2) is 47.6 Å². The molecule has 0 radical (unpaired) electrons. The fourth-order valence-corrected chi connectivity index (χ4v) is 3.58. The zero-order valence-electron chi connectivity index (χ0n) is 15.0. The number of anilines is 1. The van der Waals surface area contributed by atoms with Crippen LogP contribution in [0, 0.1) is 20.8 Å². The van der Waals surface area contributed by atoms with Gasteiger partial charge in [-0.1, -0.05) is 47.7 Å². The van der Waals surface area contributed by atoms with Gasteiger partial charge in [0.05, 0.1) is 5.75 Å². The summed E-state index contributed by atoms with van der Waals surface area (Å²) in [6.07, 6.45) is 0. The van der Waals surface area contributed by atoms with Crippen molar-refractivity contribution in [3.63, 3.8) is 0 Å². The molecule has 0 unspecified atom stereocenters. The summed E-state index contributed by atoms with van der Waals surface area (Å²) in [7, 11) is 0. The Morgan fingerprint density at radius 3 is 2.42 bits per heavy atom. The predicted molar refractivity (Wildman–Crippen MR) is 106 cm³/mol. The average Bonchev–Trinajstić information content (AvgIpc) is 2.94. The van der Waals surface area contributed by atoms with E-state index < -0.39 is 0 Å². The maximum Gasteiger partial charge on any atom is 0.234 e. The quantitative estimate of drug-likeness (QED) is 0.534. The van der Waals surface area contributed by atoms with Gasteiger partial charge in [0, 0.05) is 11.3 Å².